The van der Waals surface area contributed by atoms with Gasteiger partial charge in [-0.25, -0.2) is 0 Å². The van der Waals surface area contributed by atoms with Crippen LogP contribution >= 0.6 is 0 Å². The predicted molar refractivity (Wildman–Crippen MR) is 87.4 cm³/mol. The summed E-state index contributed by atoms with van der Waals surface area (Å²) in [6, 6.07) is 8.08. The molecule has 1 aliphatic heterocycles. The minimum absolute atomic E-state index is 0.0609. The first-order valence-electron chi connectivity index (χ1n) is 7.76. The average molecular weight is 289 g/mol. The minimum atomic E-state index is -0.219. The fraction of sp³-hybridized carbons (Fsp3) is 0.588. The monoisotopic (exact) mass is 289 g/mol. The van der Waals surface area contributed by atoms with E-state index >= 15 is 0 Å². The Hall–Kier alpha value is -1.55. The number of hydrogen-bond donors (Lipinski definition) is 2. The molecule has 0 aliphatic carbocycles. The van der Waals surface area contributed by atoms with E-state index in [1.807, 2.05) is 32.9 Å². The fourth-order valence-corrected chi connectivity index (χ4v) is 2.70. The number of amides is 1. The molecule has 0 fully saturated rings. The van der Waals surface area contributed by atoms with Crippen LogP contribution in [-0.2, 0) is 11.2 Å². The summed E-state index contributed by atoms with van der Waals surface area (Å²) in [5.74, 6) is 0.0609. The van der Waals surface area contributed by atoms with Crippen LogP contribution < -0.4 is 16.0 Å². The highest BCUT2D eigenvalue weighted by molar-refractivity contribution is 5.86. The summed E-state index contributed by atoms with van der Waals surface area (Å²) in [7, 11) is 0. The highest BCUT2D eigenvalue weighted by Crippen LogP contribution is 2.28. The molecule has 0 spiro atoms. The Morgan fingerprint density at radius 2 is 2.14 bits per heavy atom. The summed E-state index contributed by atoms with van der Waals surface area (Å²) >= 11 is 0. The summed E-state index contributed by atoms with van der Waals surface area (Å²) in [5, 5.41) is 3.13. The first-order chi connectivity index (χ1) is 9.84. The molecule has 4 nitrogen and oxygen atoms in total. The number of rotatable bonds is 4. The van der Waals surface area contributed by atoms with Gasteiger partial charge in [0.1, 0.15) is 6.04 Å². The number of carbonyl (C=O) groups excluding carboxylic acids is 1. The summed E-state index contributed by atoms with van der Waals surface area (Å²) in [5.41, 5.74) is 8.34. The number of fused-ring (bicyclic) bond motifs is 1. The zero-order chi connectivity index (χ0) is 15.6. The molecule has 2 atom stereocenters. The van der Waals surface area contributed by atoms with Gasteiger partial charge in [-0.2, -0.15) is 0 Å². The third-order valence-corrected chi connectivity index (χ3v) is 4.41. The molecule has 21 heavy (non-hydrogen) atoms. The van der Waals surface area contributed by atoms with E-state index in [1.54, 1.807) is 0 Å². The Morgan fingerprint density at radius 3 is 2.81 bits per heavy atom. The van der Waals surface area contributed by atoms with E-state index in [1.165, 1.54) is 5.56 Å². The van der Waals surface area contributed by atoms with Crippen LogP contribution in [0, 0.1) is 0 Å². The maximum atomic E-state index is 12.5. The molecule has 1 aliphatic rings. The molecule has 1 aromatic carbocycles. The molecule has 1 heterocycles. The van der Waals surface area contributed by atoms with Gasteiger partial charge in [-0.15, -0.1) is 0 Å². The second-order valence-electron chi connectivity index (χ2n) is 6.65. The van der Waals surface area contributed by atoms with Crippen molar-refractivity contribution in [2.45, 2.75) is 58.2 Å². The summed E-state index contributed by atoms with van der Waals surface area (Å²) in [6.45, 7) is 8.85. The molecule has 0 bridgehead atoms. The number of para-hydroxylation sites is 1. The van der Waals surface area contributed by atoms with E-state index in [9.17, 15) is 4.79 Å². The van der Waals surface area contributed by atoms with Gasteiger partial charge < -0.3 is 16.0 Å². The van der Waals surface area contributed by atoms with E-state index in [-0.39, 0.29) is 23.5 Å². The van der Waals surface area contributed by atoms with Gasteiger partial charge in [0.25, 0.3) is 0 Å². The molecular formula is C17H27N3O. The maximum Gasteiger partial charge on any atom is 0.242 e. The van der Waals surface area contributed by atoms with Crippen molar-refractivity contribution < 1.29 is 4.79 Å². The number of anilines is 1. The molecule has 0 saturated carbocycles. The van der Waals surface area contributed by atoms with Crippen molar-refractivity contribution in [3.05, 3.63) is 29.8 Å². The van der Waals surface area contributed by atoms with E-state index in [0.717, 1.165) is 25.1 Å². The number of nitrogens with zero attached hydrogens (tertiary/aromatic N) is 1. The zero-order valence-corrected chi connectivity index (χ0v) is 13.5. The van der Waals surface area contributed by atoms with Crippen LogP contribution in [0.2, 0.25) is 0 Å². The minimum Gasteiger partial charge on any atom is -0.358 e. The lowest BCUT2D eigenvalue weighted by Gasteiger charge is -2.39. The number of benzene rings is 1. The normalized spacial score (nSPS) is 19.9. The van der Waals surface area contributed by atoms with E-state index in [0.29, 0.717) is 0 Å². The average Bonchev–Trinajstić information content (AvgIpc) is 2.45. The lowest BCUT2D eigenvalue weighted by Crippen LogP contribution is -2.55. The first kappa shape index (κ1) is 15.8. The molecule has 1 aromatic rings. The molecule has 2 rings (SSSR count). The van der Waals surface area contributed by atoms with Crippen molar-refractivity contribution in [3.8, 4) is 0 Å². The van der Waals surface area contributed by atoms with Gasteiger partial charge in [-0.3, -0.25) is 4.79 Å². The lowest BCUT2D eigenvalue weighted by atomic mass is 9.96. The van der Waals surface area contributed by atoms with Crippen LogP contribution in [0.3, 0.4) is 0 Å². The van der Waals surface area contributed by atoms with Gasteiger partial charge in [0.15, 0.2) is 0 Å². The molecule has 3 N–H and O–H groups in total. The fourth-order valence-electron chi connectivity index (χ4n) is 2.70. The third kappa shape index (κ3) is 3.56. The number of nitrogens with two attached hydrogens (primary N) is 1. The quantitative estimate of drug-likeness (QED) is 0.892. The summed E-state index contributed by atoms with van der Waals surface area (Å²) in [6.07, 6.45) is 1.78. The molecule has 4 heteroatoms. The first-order valence-corrected chi connectivity index (χ1v) is 7.76. The summed E-state index contributed by atoms with van der Waals surface area (Å²) in [4.78, 5) is 14.7. The SMILES string of the molecule is CCC(C)(C)NC(=O)C(C)N1CC(N)Cc2ccccc21. The Balaban J connectivity index is 2.19. The topological polar surface area (TPSA) is 58.4 Å². The zero-order valence-electron chi connectivity index (χ0n) is 13.5. The smallest absolute Gasteiger partial charge is 0.242 e. The largest absolute Gasteiger partial charge is 0.358 e. The second-order valence-corrected chi connectivity index (χ2v) is 6.65. The molecule has 0 saturated heterocycles. The predicted octanol–water partition coefficient (Wildman–Crippen LogP) is 2.07. The van der Waals surface area contributed by atoms with Crippen LogP contribution in [0.5, 0.6) is 0 Å². The number of carbonyl (C=O) groups is 1. The Morgan fingerprint density at radius 1 is 1.48 bits per heavy atom. The highest BCUT2D eigenvalue weighted by atomic mass is 16.2. The van der Waals surface area contributed by atoms with Gasteiger partial charge in [0.2, 0.25) is 5.91 Å². The summed E-state index contributed by atoms with van der Waals surface area (Å²) < 4.78 is 0. The Labute approximate surface area is 127 Å². The lowest BCUT2D eigenvalue weighted by molar-refractivity contribution is -0.123. The Kier molecular flexibility index (Phi) is 4.57. The van der Waals surface area contributed by atoms with Crippen molar-refractivity contribution in [2.75, 3.05) is 11.4 Å². The molecular weight excluding hydrogens is 262 g/mol. The highest BCUT2D eigenvalue weighted by Gasteiger charge is 2.30. The van der Waals surface area contributed by atoms with Gasteiger partial charge >= 0.3 is 0 Å². The molecule has 116 valence electrons. The van der Waals surface area contributed by atoms with Gasteiger partial charge in [0, 0.05) is 23.8 Å². The van der Waals surface area contributed by atoms with Crippen molar-refractivity contribution in [1.29, 1.82) is 0 Å². The standard InChI is InChI=1S/C17H27N3O/c1-5-17(3,4)19-16(21)12(2)20-11-14(18)10-13-8-6-7-9-15(13)20/h6-9,12,14H,5,10-11,18H2,1-4H3,(H,19,21). The van der Waals surface area contributed by atoms with Crippen LogP contribution in [0.15, 0.2) is 24.3 Å². The number of hydrogen-bond acceptors (Lipinski definition) is 3. The van der Waals surface area contributed by atoms with Crippen molar-refractivity contribution in [3.63, 3.8) is 0 Å². The van der Waals surface area contributed by atoms with Crippen LogP contribution in [0.25, 0.3) is 0 Å². The van der Waals surface area contributed by atoms with Crippen LogP contribution in [0.1, 0.15) is 39.7 Å². The van der Waals surface area contributed by atoms with Crippen molar-refractivity contribution in [2.24, 2.45) is 5.73 Å². The van der Waals surface area contributed by atoms with Crippen molar-refractivity contribution >= 4 is 11.6 Å². The Bertz CT molecular complexity index is 513. The molecule has 2 unspecified atom stereocenters. The maximum absolute atomic E-state index is 12.5. The van der Waals surface area contributed by atoms with Gasteiger partial charge in [-0.1, -0.05) is 25.1 Å². The molecule has 0 aromatic heterocycles. The van der Waals surface area contributed by atoms with Crippen LogP contribution in [0.4, 0.5) is 5.69 Å². The van der Waals surface area contributed by atoms with E-state index < -0.39 is 0 Å². The van der Waals surface area contributed by atoms with E-state index in [4.69, 9.17) is 5.73 Å². The molecule has 1 amide bonds. The molecule has 0 radical (unpaired) electrons. The van der Waals surface area contributed by atoms with Gasteiger partial charge in [0.05, 0.1) is 0 Å². The van der Waals surface area contributed by atoms with Crippen molar-refractivity contribution in [1.82, 2.24) is 5.32 Å². The van der Waals surface area contributed by atoms with E-state index in [2.05, 4.69) is 29.3 Å². The van der Waals surface area contributed by atoms with Gasteiger partial charge in [-0.05, 0) is 45.2 Å². The van der Waals surface area contributed by atoms with Crippen LogP contribution in [-0.4, -0.2) is 30.1 Å². The second kappa shape index (κ2) is 6.06. The number of nitrogens with one attached hydrogen (secondary N) is 1. The third-order valence-electron chi connectivity index (χ3n) is 4.41.